The third kappa shape index (κ3) is 2.32. The van der Waals surface area contributed by atoms with Crippen LogP contribution in [0.4, 0.5) is 0 Å². The lowest BCUT2D eigenvalue weighted by molar-refractivity contribution is -0.150. The zero-order chi connectivity index (χ0) is 15.0. The Hall–Kier alpha value is -1.45. The average Bonchev–Trinajstić information content (AvgIpc) is 2.92. The first-order valence-corrected chi connectivity index (χ1v) is 7.61. The maximum atomic E-state index is 12.0. The second-order valence-electron chi connectivity index (χ2n) is 4.98. The molecule has 1 saturated heterocycles. The molecule has 112 valence electrons. The van der Waals surface area contributed by atoms with Crippen LogP contribution in [0.2, 0.25) is 0 Å². The minimum atomic E-state index is -3.50. The minimum Gasteiger partial charge on any atom is -0.479 e. The van der Waals surface area contributed by atoms with Gasteiger partial charge >= 0.3 is 5.97 Å². The first kappa shape index (κ1) is 14.9. The van der Waals surface area contributed by atoms with Gasteiger partial charge in [-0.25, -0.2) is 4.79 Å². The monoisotopic (exact) mass is 302 g/mol. The number of aromatic nitrogens is 2. The Morgan fingerprint density at radius 1 is 1.35 bits per heavy atom. The number of carboxylic acid groups (broad SMARTS) is 1. The van der Waals surface area contributed by atoms with Crippen molar-refractivity contribution in [3.63, 3.8) is 0 Å². The summed E-state index contributed by atoms with van der Waals surface area (Å²) in [5, 5.41) is 13.5. The van der Waals surface area contributed by atoms with Crippen LogP contribution in [0.1, 0.15) is 12.8 Å². The van der Waals surface area contributed by atoms with Crippen LogP contribution in [0, 0.1) is 0 Å². The maximum Gasteiger partial charge on any atom is 0.331 e. The quantitative estimate of drug-likeness (QED) is 0.814. The summed E-state index contributed by atoms with van der Waals surface area (Å²) in [6.07, 6.45) is 3.51. The van der Waals surface area contributed by atoms with Gasteiger partial charge in [-0.2, -0.15) is 22.1 Å². The van der Waals surface area contributed by atoms with Gasteiger partial charge in [0.1, 0.15) is 0 Å². The number of hydrogen-bond donors (Lipinski definition) is 1. The summed E-state index contributed by atoms with van der Waals surface area (Å²) in [4.78, 5) is 11.6. The third-order valence-corrected chi connectivity index (χ3v) is 5.62. The van der Waals surface area contributed by atoms with E-state index in [0.29, 0.717) is 0 Å². The van der Waals surface area contributed by atoms with E-state index in [-0.39, 0.29) is 25.9 Å². The fraction of sp³-hybridized carbons (Fsp3) is 0.636. The van der Waals surface area contributed by atoms with Gasteiger partial charge in [0.2, 0.25) is 0 Å². The van der Waals surface area contributed by atoms with E-state index >= 15 is 0 Å². The standard InChI is InChI=1S/C11H18N4O4S/c1-13(2)20(18,19)14-8-4-11(5-9-14,10(16)17)15-7-3-6-12-15/h3,6-7H,4-5,8-9H2,1-2H3,(H,16,17). The van der Waals surface area contributed by atoms with Crippen molar-refractivity contribution in [1.29, 1.82) is 0 Å². The fourth-order valence-electron chi connectivity index (χ4n) is 2.38. The zero-order valence-electron chi connectivity index (χ0n) is 11.4. The Morgan fingerprint density at radius 3 is 2.35 bits per heavy atom. The number of carboxylic acids is 1. The molecule has 0 aromatic carbocycles. The minimum absolute atomic E-state index is 0.159. The van der Waals surface area contributed by atoms with Crippen LogP contribution in [0.15, 0.2) is 18.5 Å². The van der Waals surface area contributed by atoms with Gasteiger partial charge in [0.15, 0.2) is 5.54 Å². The van der Waals surface area contributed by atoms with Crippen LogP contribution >= 0.6 is 0 Å². The normalized spacial score (nSPS) is 20.1. The van der Waals surface area contributed by atoms with Gasteiger partial charge in [0.05, 0.1) is 0 Å². The molecular weight excluding hydrogens is 284 g/mol. The third-order valence-electron chi connectivity index (χ3n) is 3.68. The molecule has 1 N–H and O–H groups in total. The van der Waals surface area contributed by atoms with Gasteiger partial charge in [0, 0.05) is 39.6 Å². The van der Waals surface area contributed by atoms with Gasteiger partial charge < -0.3 is 5.11 Å². The molecule has 9 heteroatoms. The van der Waals surface area contributed by atoms with E-state index in [4.69, 9.17) is 0 Å². The van der Waals surface area contributed by atoms with E-state index in [0.717, 1.165) is 4.31 Å². The summed E-state index contributed by atoms with van der Waals surface area (Å²) >= 11 is 0. The first-order chi connectivity index (χ1) is 9.30. The predicted molar refractivity (Wildman–Crippen MR) is 71.3 cm³/mol. The van der Waals surface area contributed by atoms with Crippen LogP contribution in [-0.4, -0.2) is 65.1 Å². The molecule has 0 radical (unpaired) electrons. The lowest BCUT2D eigenvalue weighted by atomic mass is 9.88. The highest BCUT2D eigenvalue weighted by Crippen LogP contribution is 2.31. The molecule has 1 aromatic heterocycles. The van der Waals surface area contributed by atoms with E-state index in [1.54, 1.807) is 12.3 Å². The summed E-state index contributed by atoms with van der Waals surface area (Å²) in [5.74, 6) is -0.983. The molecular formula is C11H18N4O4S. The molecule has 0 bridgehead atoms. The van der Waals surface area contributed by atoms with Crippen molar-refractivity contribution in [3.8, 4) is 0 Å². The van der Waals surface area contributed by atoms with Crippen LogP contribution in [0.3, 0.4) is 0 Å². The molecule has 0 atom stereocenters. The summed E-state index contributed by atoms with van der Waals surface area (Å²) in [5.41, 5.74) is -1.16. The van der Waals surface area contributed by atoms with Crippen molar-refractivity contribution in [2.75, 3.05) is 27.2 Å². The Bertz CT molecular complexity index is 574. The highest BCUT2D eigenvalue weighted by molar-refractivity contribution is 7.86. The number of rotatable bonds is 4. The second kappa shape index (κ2) is 5.15. The summed E-state index contributed by atoms with van der Waals surface area (Å²) in [7, 11) is -0.580. The molecule has 20 heavy (non-hydrogen) atoms. The second-order valence-corrected chi connectivity index (χ2v) is 7.12. The number of hydrogen-bond acceptors (Lipinski definition) is 4. The number of carbonyl (C=O) groups is 1. The number of aliphatic carboxylic acids is 1. The van der Waals surface area contributed by atoms with Crippen molar-refractivity contribution in [2.45, 2.75) is 18.4 Å². The molecule has 0 aliphatic carbocycles. The zero-order valence-corrected chi connectivity index (χ0v) is 12.2. The van der Waals surface area contributed by atoms with Gasteiger partial charge in [-0.15, -0.1) is 0 Å². The molecule has 2 rings (SSSR count). The average molecular weight is 302 g/mol. The summed E-state index contributed by atoms with van der Waals surface area (Å²) in [6.45, 7) is 0.319. The summed E-state index contributed by atoms with van der Waals surface area (Å²) < 4.78 is 27.9. The Morgan fingerprint density at radius 2 is 1.95 bits per heavy atom. The smallest absolute Gasteiger partial charge is 0.331 e. The number of nitrogens with zero attached hydrogens (tertiary/aromatic N) is 4. The molecule has 8 nitrogen and oxygen atoms in total. The van der Waals surface area contributed by atoms with E-state index in [2.05, 4.69) is 5.10 Å². The van der Waals surface area contributed by atoms with Crippen molar-refractivity contribution >= 4 is 16.2 Å². The molecule has 0 amide bonds. The van der Waals surface area contributed by atoms with Crippen LogP contribution in [0.5, 0.6) is 0 Å². The molecule has 1 aliphatic rings. The van der Waals surface area contributed by atoms with E-state index in [1.807, 2.05) is 0 Å². The lowest BCUT2D eigenvalue weighted by Gasteiger charge is -2.38. The Balaban J connectivity index is 2.23. The van der Waals surface area contributed by atoms with Gasteiger partial charge in [0.25, 0.3) is 10.2 Å². The van der Waals surface area contributed by atoms with Crippen molar-refractivity contribution in [1.82, 2.24) is 18.4 Å². The highest BCUT2D eigenvalue weighted by Gasteiger charge is 2.46. The predicted octanol–water partition coefficient (Wildman–Crippen LogP) is -0.435. The topological polar surface area (TPSA) is 95.7 Å². The molecule has 1 aliphatic heterocycles. The van der Waals surface area contributed by atoms with E-state index < -0.39 is 21.7 Å². The largest absolute Gasteiger partial charge is 0.479 e. The van der Waals surface area contributed by atoms with E-state index in [9.17, 15) is 18.3 Å². The first-order valence-electron chi connectivity index (χ1n) is 6.22. The molecule has 0 spiro atoms. The molecule has 1 fully saturated rings. The van der Waals surface area contributed by atoms with Crippen LogP contribution in [0.25, 0.3) is 0 Å². The van der Waals surface area contributed by atoms with Crippen molar-refractivity contribution in [3.05, 3.63) is 18.5 Å². The molecule has 2 heterocycles. The van der Waals surface area contributed by atoms with Gasteiger partial charge in [-0.1, -0.05) is 0 Å². The van der Waals surface area contributed by atoms with Crippen LogP contribution in [-0.2, 0) is 20.5 Å². The Labute approximate surface area is 117 Å². The Kier molecular flexibility index (Phi) is 3.85. The van der Waals surface area contributed by atoms with Gasteiger partial charge in [-0.3, -0.25) is 4.68 Å². The molecule has 0 unspecified atom stereocenters. The molecule has 1 aromatic rings. The van der Waals surface area contributed by atoms with Crippen molar-refractivity contribution < 1.29 is 18.3 Å². The molecule has 0 saturated carbocycles. The van der Waals surface area contributed by atoms with Crippen LogP contribution < -0.4 is 0 Å². The van der Waals surface area contributed by atoms with Crippen molar-refractivity contribution in [2.24, 2.45) is 0 Å². The SMILES string of the molecule is CN(C)S(=O)(=O)N1CCC(C(=O)O)(n2cccn2)CC1. The fourth-order valence-corrected chi connectivity index (χ4v) is 3.49. The maximum absolute atomic E-state index is 12.0. The highest BCUT2D eigenvalue weighted by atomic mass is 32.2. The van der Waals surface area contributed by atoms with Gasteiger partial charge in [-0.05, 0) is 18.9 Å². The van der Waals surface area contributed by atoms with E-state index in [1.165, 1.54) is 29.3 Å². The lowest BCUT2D eigenvalue weighted by Crippen LogP contribution is -2.54. The summed E-state index contributed by atoms with van der Waals surface area (Å²) in [6, 6.07) is 1.66. The number of piperidine rings is 1.